The maximum Gasteiger partial charge on any atom is 0.224 e. The Hall–Kier alpha value is -2.62. The largest absolute Gasteiger partial charge is 0.338 e. The minimum Gasteiger partial charge on any atom is -0.338 e. The fourth-order valence-corrected chi connectivity index (χ4v) is 2.32. The lowest BCUT2D eigenvalue weighted by atomic mass is 10.1. The van der Waals surface area contributed by atoms with Crippen molar-refractivity contribution < 1.29 is 4.79 Å². The predicted molar refractivity (Wildman–Crippen MR) is 85.1 cm³/mol. The smallest absolute Gasteiger partial charge is 0.224 e. The van der Waals surface area contributed by atoms with Gasteiger partial charge in [0.15, 0.2) is 0 Å². The van der Waals surface area contributed by atoms with Crippen molar-refractivity contribution in [1.29, 1.82) is 0 Å². The van der Waals surface area contributed by atoms with Gasteiger partial charge in [-0.05, 0) is 30.7 Å². The Balaban J connectivity index is 1.99. The number of hydrogen-bond donors (Lipinski definition) is 2. The zero-order valence-electron chi connectivity index (χ0n) is 11.9. The van der Waals surface area contributed by atoms with E-state index in [1.807, 2.05) is 55.5 Å². The van der Waals surface area contributed by atoms with Crippen LogP contribution in [0.5, 0.6) is 0 Å². The van der Waals surface area contributed by atoms with E-state index >= 15 is 0 Å². The summed E-state index contributed by atoms with van der Waals surface area (Å²) in [6.45, 7) is 1.99. The molecule has 0 fully saturated rings. The molecule has 0 unspecified atom stereocenters. The Bertz CT molecular complexity index is 743. The van der Waals surface area contributed by atoms with Crippen LogP contribution in [0.3, 0.4) is 0 Å². The fourth-order valence-electron chi connectivity index (χ4n) is 2.32. The monoisotopic (exact) mass is 279 g/mol. The molecule has 21 heavy (non-hydrogen) atoms. The molecule has 1 aromatic heterocycles. The molecule has 106 valence electrons. The quantitative estimate of drug-likeness (QED) is 0.759. The summed E-state index contributed by atoms with van der Waals surface area (Å²) in [5.74, 6) is 0.796. The summed E-state index contributed by atoms with van der Waals surface area (Å²) >= 11 is 0. The number of hydrogen-bond acceptors (Lipinski definition) is 2. The van der Waals surface area contributed by atoms with Crippen LogP contribution in [-0.2, 0) is 4.79 Å². The predicted octanol–water partition coefficient (Wildman–Crippen LogP) is 3.97. The number of fused-ring (bicyclic) bond motifs is 1. The van der Waals surface area contributed by atoms with Crippen LogP contribution in [0.25, 0.3) is 22.4 Å². The lowest BCUT2D eigenvalue weighted by Gasteiger charge is -2.08. The lowest BCUT2D eigenvalue weighted by Crippen LogP contribution is -2.11. The number of imidazole rings is 1. The summed E-state index contributed by atoms with van der Waals surface area (Å²) < 4.78 is 0. The Kier molecular flexibility index (Phi) is 3.69. The van der Waals surface area contributed by atoms with Gasteiger partial charge in [-0.25, -0.2) is 4.98 Å². The van der Waals surface area contributed by atoms with Crippen LogP contribution in [-0.4, -0.2) is 15.9 Å². The second-order valence-electron chi connectivity index (χ2n) is 4.95. The Labute approximate surface area is 123 Å². The van der Waals surface area contributed by atoms with Gasteiger partial charge in [-0.3, -0.25) is 4.79 Å². The highest BCUT2D eigenvalue weighted by Gasteiger charge is 2.11. The highest BCUT2D eigenvalue weighted by atomic mass is 16.1. The fraction of sp³-hybridized carbons (Fsp3) is 0.176. The van der Waals surface area contributed by atoms with E-state index in [1.54, 1.807) is 0 Å². The molecule has 1 heterocycles. The van der Waals surface area contributed by atoms with E-state index in [-0.39, 0.29) is 5.91 Å². The standard InChI is InChI=1S/C17H17N3O/c1-2-7-16(21)18-13-9-4-3-8-12(13)17-19-14-10-5-6-11-15(14)20-17/h3-6,8-11H,2,7H2,1H3,(H,18,21)(H,19,20). The molecule has 4 heteroatoms. The number of rotatable bonds is 4. The Morgan fingerprint density at radius 3 is 2.71 bits per heavy atom. The number of H-pyrrole nitrogens is 1. The van der Waals surface area contributed by atoms with Crippen molar-refractivity contribution in [2.45, 2.75) is 19.8 Å². The van der Waals surface area contributed by atoms with Gasteiger partial charge in [-0.2, -0.15) is 0 Å². The maximum absolute atomic E-state index is 11.8. The molecule has 0 saturated carbocycles. The maximum atomic E-state index is 11.8. The zero-order valence-corrected chi connectivity index (χ0v) is 11.9. The highest BCUT2D eigenvalue weighted by Crippen LogP contribution is 2.27. The van der Waals surface area contributed by atoms with Crippen molar-refractivity contribution in [2.75, 3.05) is 5.32 Å². The minimum absolute atomic E-state index is 0.0288. The molecule has 0 atom stereocenters. The van der Waals surface area contributed by atoms with Crippen LogP contribution in [0.2, 0.25) is 0 Å². The summed E-state index contributed by atoms with van der Waals surface area (Å²) in [7, 11) is 0. The molecule has 0 aliphatic carbocycles. The van der Waals surface area contributed by atoms with Crippen molar-refractivity contribution in [3.63, 3.8) is 0 Å². The van der Waals surface area contributed by atoms with Gasteiger partial charge in [0.1, 0.15) is 5.82 Å². The molecule has 0 saturated heterocycles. The van der Waals surface area contributed by atoms with Crippen LogP contribution in [0.4, 0.5) is 5.69 Å². The van der Waals surface area contributed by atoms with E-state index in [4.69, 9.17) is 0 Å². The third-order valence-corrected chi connectivity index (χ3v) is 3.32. The van der Waals surface area contributed by atoms with Crippen molar-refractivity contribution in [3.05, 3.63) is 48.5 Å². The van der Waals surface area contributed by atoms with Crippen LogP contribution in [0, 0.1) is 0 Å². The normalized spacial score (nSPS) is 10.7. The van der Waals surface area contributed by atoms with Gasteiger partial charge < -0.3 is 10.3 Å². The number of anilines is 1. The molecule has 0 aliphatic heterocycles. The van der Waals surface area contributed by atoms with Crippen LogP contribution in [0.15, 0.2) is 48.5 Å². The third kappa shape index (κ3) is 2.79. The number of nitrogens with one attached hydrogen (secondary N) is 2. The molecular formula is C17H17N3O. The highest BCUT2D eigenvalue weighted by molar-refractivity contribution is 5.95. The molecule has 1 amide bonds. The van der Waals surface area contributed by atoms with Gasteiger partial charge >= 0.3 is 0 Å². The summed E-state index contributed by atoms with van der Waals surface area (Å²) in [6, 6.07) is 15.6. The number of aromatic nitrogens is 2. The number of para-hydroxylation sites is 3. The first-order valence-corrected chi connectivity index (χ1v) is 7.12. The summed E-state index contributed by atoms with van der Waals surface area (Å²) in [6.07, 6.45) is 1.35. The second kappa shape index (κ2) is 5.79. The van der Waals surface area contributed by atoms with E-state index in [1.165, 1.54) is 0 Å². The van der Waals surface area contributed by atoms with E-state index in [0.29, 0.717) is 6.42 Å². The molecule has 2 aromatic carbocycles. The first kappa shape index (κ1) is 13.4. The number of amides is 1. The molecule has 0 spiro atoms. The average molecular weight is 279 g/mol. The van der Waals surface area contributed by atoms with Crippen LogP contribution >= 0.6 is 0 Å². The Morgan fingerprint density at radius 2 is 1.90 bits per heavy atom. The molecule has 4 nitrogen and oxygen atoms in total. The topological polar surface area (TPSA) is 57.8 Å². The van der Waals surface area contributed by atoms with Gasteiger partial charge in [0.2, 0.25) is 5.91 Å². The number of nitrogens with zero attached hydrogens (tertiary/aromatic N) is 1. The van der Waals surface area contributed by atoms with Gasteiger partial charge in [-0.15, -0.1) is 0 Å². The first-order chi connectivity index (χ1) is 10.3. The summed E-state index contributed by atoms with van der Waals surface area (Å²) in [5, 5.41) is 2.96. The number of aromatic amines is 1. The molecular weight excluding hydrogens is 262 g/mol. The van der Waals surface area contributed by atoms with Crippen molar-refractivity contribution >= 4 is 22.6 Å². The van der Waals surface area contributed by atoms with Crippen LogP contribution < -0.4 is 5.32 Å². The number of carbonyl (C=O) groups excluding carboxylic acids is 1. The van der Waals surface area contributed by atoms with Gasteiger partial charge in [0.05, 0.1) is 16.7 Å². The third-order valence-electron chi connectivity index (χ3n) is 3.32. The molecule has 0 aliphatic rings. The first-order valence-electron chi connectivity index (χ1n) is 7.12. The number of carbonyl (C=O) groups is 1. The van der Waals surface area contributed by atoms with Crippen LogP contribution in [0.1, 0.15) is 19.8 Å². The van der Waals surface area contributed by atoms with E-state index in [0.717, 1.165) is 34.5 Å². The van der Waals surface area contributed by atoms with E-state index < -0.39 is 0 Å². The lowest BCUT2D eigenvalue weighted by molar-refractivity contribution is -0.116. The molecule has 3 rings (SSSR count). The minimum atomic E-state index is 0.0288. The second-order valence-corrected chi connectivity index (χ2v) is 4.95. The van der Waals surface area contributed by atoms with E-state index in [9.17, 15) is 4.79 Å². The molecule has 0 bridgehead atoms. The SMILES string of the molecule is CCCC(=O)Nc1ccccc1-c1nc2ccccc2[nH]1. The van der Waals surface area contributed by atoms with Crippen molar-refractivity contribution in [2.24, 2.45) is 0 Å². The van der Waals surface area contributed by atoms with Gasteiger partial charge in [-0.1, -0.05) is 31.2 Å². The molecule has 2 N–H and O–H groups in total. The Morgan fingerprint density at radius 1 is 1.14 bits per heavy atom. The van der Waals surface area contributed by atoms with Gasteiger partial charge in [0.25, 0.3) is 0 Å². The van der Waals surface area contributed by atoms with Crippen molar-refractivity contribution in [3.8, 4) is 11.4 Å². The van der Waals surface area contributed by atoms with Gasteiger partial charge in [0, 0.05) is 12.0 Å². The van der Waals surface area contributed by atoms with E-state index in [2.05, 4.69) is 15.3 Å². The average Bonchev–Trinajstić information content (AvgIpc) is 2.91. The summed E-state index contributed by atoms with van der Waals surface area (Å²) in [4.78, 5) is 19.7. The number of benzene rings is 2. The molecule has 0 radical (unpaired) electrons. The zero-order chi connectivity index (χ0) is 14.7. The summed E-state index contributed by atoms with van der Waals surface area (Å²) in [5.41, 5.74) is 3.59. The molecule has 3 aromatic rings. The van der Waals surface area contributed by atoms with Crippen molar-refractivity contribution in [1.82, 2.24) is 9.97 Å².